The highest BCUT2D eigenvalue weighted by Crippen LogP contribution is 2.60. The summed E-state index contributed by atoms with van der Waals surface area (Å²) in [6.45, 7) is 3.97. The summed E-state index contributed by atoms with van der Waals surface area (Å²) in [4.78, 5) is 8.94. The van der Waals surface area contributed by atoms with Crippen LogP contribution in [0.2, 0.25) is 0 Å². The molecule has 0 aromatic rings. The van der Waals surface area contributed by atoms with Crippen LogP contribution in [0.4, 0.5) is 0 Å². The van der Waals surface area contributed by atoms with E-state index in [1.807, 2.05) is 13.8 Å². The summed E-state index contributed by atoms with van der Waals surface area (Å²) < 4.78 is -2.28. The van der Waals surface area contributed by atoms with E-state index in [1.165, 1.54) is 11.4 Å². The molecule has 0 aliphatic heterocycles. The maximum Gasteiger partial charge on any atom is 0.169 e. The van der Waals surface area contributed by atoms with Gasteiger partial charge in [0.2, 0.25) is 0 Å². The Bertz CT molecular complexity index is 107. The lowest BCUT2D eigenvalue weighted by Crippen LogP contribution is -1.81. The summed E-state index contributed by atoms with van der Waals surface area (Å²) >= 11 is 9.85. The molecule has 0 amide bonds. The number of hydrogen-bond acceptors (Lipinski definition) is 2. The summed E-state index contributed by atoms with van der Waals surface area (Å²) in [5.74, 6) is 0. The summed E-state index contributed by atoms with van der Waals surface area (Å²) in [5, 5.41) is 0.378. The van der Waals surface area contributed by atoms with Gasteiger partial charge in [-0.15, -0.1) is 12.2 Å². The number of rotatable bonds is 2. The summed E-state index contributed by atoms with van der Waals surface area (Å²) in [6.07, 6.45) is 0. The van der Waals surface area contributed by atoms with Crippen molar-refractivity contribution in [3.63, 3.8) is 0 Å². The number of thiol groups is 1. The quantitative estimate of drug-likeness (QED) is 0.512. The van der Waals surface area contributed by atoms with Gasteiger partial charge in [0.25, 0.3) is 0 Å². The zero-order valence-corrected chi connectivity index (χ0v) is 8.16. The maximum atomic E-state index is 8.94. The largest absolute Gasteiger partial charge is 0.350 e. The molecule has 0 saturated carbocycles. The van der Waals surface area contributed by atoms with Crippen molar-refractivity contribution in [2.45, 2.75) is 19.1 Å². The molecule has 0 spiro atoms. The lowest BCUT2D eigenvalue weighted by Gasteiger charge is -2.08. The standard InChI is InChI=1S/C3H9OPS3/c1-3(2)8-5(4,6)7/h3H,1-2H3,(H2,4,6,7). The van der Waals surface area contributed by atoms with E-state index in [-0.39, 0.29) is 0 Å². The molecule has 0 fully saturated rings. The van der Waals surface area contributed by atoms with Gasteiger partial charge in [0, 0.05) is 5.25 Å². The molecule has 0 heterocycles. The van der Waals surface area contributed by atoms with Crippen molar-refractivity contribution in [3.8, 4) is 0 Å². The van der Waals surface area contributed by atoms with Gasteiger partial charge in [-0.25, -0.2) is 0 Å². The van der Waals surface area contributed by atoms with E-state index < -0.39 is 4.67 Å². The molecule has 0 aliphatic carbocycles. The predicted octanol–water partition coefficient (Wildman–Crippen LogP) is 2.27. The molecule has 1 unspecified atom stereocenters. The van der Waals surface area contributed by atoms with Crippen LogP contribution >= 0.6 is 28.3 Å². The smallest absolute Gasteiger partial charge is 0.169 e. The second kappa shape index (κ2) is 3.47. The van der Waals surface area contributed by atoms with E-state index in [0.717, 1.165) is 0 Å². The van der Waals surface area contributed by atoms with E-state index >= 15 is 0 Å². The van der Waals surface area contributed by atoms with Crippen molar-refractivity contribution in [2.75, 3.05) is 0 Å². The highest BCUT2D eigenvalue weighted by atomic mass is 33.2. The van der Waals surface area contributed by atoms with Crippen LogP contribution in [0, 0.1) is 0 Å². The second-order valence-electron chi connectivity index (χ2n) is 1.64. The first-order chi connectivity index (χ1) is 3.42. The van der Waals surface area contributed by atoms with Gasteiger partial charge in [-0.05, 0) is 11.8 Å². The monoisotopic (exact) mass is 188 g/mol. The number of hydrogen-bond donors (Lipinski definition) is 2. The zero-order valence-electron chi connectivity index (χ0n) is 4.74. The third-order valence-corrected chi connectivity index (χ3v) is 4.76. The molecule has 0 aromatic carbocycles. The van der Waals surface area contributed by atoms with Crippen LogP contribution in [-0.4, -0.2) is 10.1 Å². The van der Waals surface area contributed by atoms with E-state index in [0.29, 0.717) is 5.25 Å². The molecule has 8 heavy (non-hydrogen) atoms. The maximum absolute atomic E-state index is 8.94. The van der Waals surface area contributed by atoms with Crippen molar-refractivity contribution in [2.24, 2.45) is 0 Å². The summed E-state index contributed by atoms with van der Waals surface area (Å²) in [6, 6.07) is 0. The van der Waals surface area contributed by atoms with E-state index in [4.69, 9.17) is 4.89 Å². The molecule has 1 nitrogen and oxygen atoms in total. The molecule has 1 atom stereocenters. The van der Waals surface area contributed by atoms with Crippen LogP contribution in [-0.2, 0) is 11.8 Å². The van der Waals surface area contributed by atoms with Gasteiger partial charge in [-0.3, -0.25) is 0 Å². The fourth-order valence-electron chi connectivity index (χ4n) is 0.275. The van der Waals surface area contributed by atoms with Crippen LogP contribution in [0.1, 0.15) is 13.8 Å². The van der Waals surface area contributed by atoms with Gasteiger partial charge < -0.3 is 4.89 Å². The highest BCUT2D eigenvalue weighted by Gasteiger charge is 2.07. The Kier molecular flexibility index (Phi) is 4.04. The van der Waals surface area contributed by atoms with E-state index in [9.17, 15) is 0 Å². The molecule has 0 aliphatic rings. The van der Waals surface area contributed by atoms with Crippen molar-refractivity contribution in [1.29, 1.82) is 0 Å². The molecular formula is C3H9OPS3. The second-order valence-corrected chi connectivity index (χ2v) is 11.6. The van der Waals surface area contributed by atoms with Crippen molar-refractivity contribution >= 4 is 40.1 Å². The molecule has 0 bridgehead atoms. The lowest BCUT2D eigenvalue weighted by molar-refractivity contribution is 0.654. The first-order valence-electron chi connectivity index (χ1n) is 2.16. The zero-order chi connectivity index (χ0) is 6.78. The molecule has 0 radical (unpaired) electrons. The Labute approximate surface area is 64.2 Å². The average molecular weight is 188 g/mol. The molecule has 0 aromatic heterocycles. The predicted molar refractivity (Wildman–Crippen MR) is 48.2 cm³/mol. The van der Waals surface area contributed by atoms with Crippen molar-refractivity contribution in [3.05, 3.63) is 0 Å². The SMILES string of the molecule is CC(C)SP(O)(=S)S. The summed E-state index contributed by atoms with van der Waals surface area (Å²) in [7, 11) is 0. The Morgan fingerprint density at radius 2 is 2.12 bits per heavy atom. The summed E-state index contributed by atoms with van der Waals surface area (Å²) in [5.41, 5.74) is 0. The van der Waals surface area contributed by atoms with Crippen LogP contribution in [0.15, 0.2) is 0 Å². The molecular weight excluding hydrogens is 179 g/mol. The Hall–Kier alpha value is 1.31. The third-order valence-electron chi connectivity index (χ3n) is 0.348. The minimum atomic E-state index is -2.28. The van der Waals surface area contributed by atoms with Gasteiger partial charge in [-0.2, -0.15) is 0 Å². The average Bonchev–Trinajstić information content (AvgIpc) is 1.21. The third kappa shape index (κ3) is 7.31. The van der Waals surface area contributed by atoms with E-state index in [2.05, 4.69) is 24.1 Å². The normalized spacial score (nSPS) is 18.6. The Morgan fingerprint density at radius 3 is 2.12 bits per heavy atom. The fourth-order valence-corrected chi connectivity index (χ4v) is 5.72. The minimum absolute atomic E-state index is 0.378. The van der Waals surface area contributed by atoms with Crippen molar-refractivity contribution in [1.82, 2.24) is 0 Å². The van der Waals surface area contributed by atoms with Gasteiger partial charge in [-0.1, -0.05) is 25.2 Å². The molecule has 0 saturated heterocycles. The van der Waals surface area contributed by atoms with Gasteiger partial charge in [0.15, 0.2) is 4.67 Å². The van der Waals surface area contributed by atoms with E-state index in [1.54, 1.807) is 0 Å². The lowest BCUT2D eigenvalue weighted by atomic mass is 10.6. The van der Waals surface area contributed by atoms with Gasteiger partial charge in [0.1, 0.15) is 0 Å². The fraction of sp³-hybridized carbons (Fsp3) is 1.00. The molecule has 0 rings (SSSR count). The first-order valence-corrected chi connectivity index (χ1v) is 7.55. The molecule has 5 heteroatoms. The first kappa shape index (κ1) is 9.31. The van der Waals surface area contributed by atoms with Crippen molar-refractivity contribution < 1.29 is 4.89 Å². The van der Waals surface area contributed by atoms with Crippen LogP contribution in [0.25, 0.3) is 0 Å². The van der Waals surface area contributed by atoms with Gasteiger partial charge in [0.05, 0.1) is 0 Å². The van der Waals surface area contributed by atoms with Crippen LogP contribution < -0.4 is 0 Å². The van der Waals surface area contributed by atoms with Crippen LogP contribution in [0.5, 0.6) is 0 Å². The minimum Gasteiger partial charge on any atom is -0.350 e. The molecule has 50 valence electrons. The topological polar surface area (TPSA) is 20.2 Å². The Morgan fingerprint density at radius 1 is 1.75 bits per heavy atom. The van der Waals surface area contributed by atoms with Crippen LogP contribution in [0.3, 0.4) is 0 Å². The Balaban J connectivity index is 3.56. The van der Waals surface area contributed by atoms with Gasteiger partial charge >= 0.3 is 0 Å². The molecule has 1 N–H and O–H groups in total. The highest BCUT2D eigenvalue weighted by molar-refractivity contribution is 8.95.